The Morgan fingerprint density at radius 1 is 1.62 bits per heavy atom. The van der Waals surface area contributed by atoms with E-state index in [4.69, 9.17) is 5.26 Å². The van der Waals surface area contributed by atoms with Gasteiger partial charge >= 0.3 is 0 Å². The highest BCUT2D eigenvalue weighted by Crippen LogP contribution is 2.03. The quantitative estimate of drug-likeness (QED) is 0.584. The molecule has 0 bridgehead atoms. The van der Waals surface area contributed by atoms with E-state index in [2.05, 4.69) is 9.97 Å². The Kier molecular flexibility index (Phi) is 1.53. The third-order valence-corrected chi connectivity index (χ3v) is 1.62. The number of carbonyl (C=O) groups is 1. The molecule has 2 aromatic rings. The SMILES string of the molecule is N#Cc1ccnc2nc(C=O)cn12. The summed E-state index contributed by atoms with van der Waals surface area (Å²) >= 11 is 0. The molecule has 2 heterocycles. The summed E-state index contributed by atoms with van der Waals surface area (Å²) in [6.45, 7) is 0. The van der Waals surface area contributed by atoms with Gasteiger partial charge in [0.15, 0.2) is 6.29 Å². The summed E-state index contributed by atoms with van der Waals surface area (Å²) in [6, 6.07) is 3.53. The number of aromatic nitrogens is 3. The number of hydrogen-bond acceptors (Lipinski definition) is 4. The van der Waals surface area contributed by atoms with Gasteiger partial charge in [-0.3, -0.25) is 9.20 Å². The molecule has 0 aliphatic heterocycles. The highest BCUT2D eigenvalue weighted by Gasteiger charge is 2.03. The van der Waals surface area contributed by atoms with Crippen LogP contribution in [0.25, 0.3) is 5.78 Å². The van der Waals surface area contributed by atoms with Gasteiger partial charge in [-0.25, -0.2) is 9.97 Å². The van der Waals surface area contributed by atoms with Gasteiger partial charge in [-0.2, -0.15) is 5.26 Å². The molecule has 0 aliphatic rings. The maximum atomic E-state index is 10.4. The minimum atomic E-state index is 0.273. The van der Waals surface area contributed by atoms with Gasteiger partial charge in [0.05, 0.1) is 0 Å². The lowest BCUT2D eigenvalue weighted by Gasteiger charge is -1.92. The second-order valence-electron chi connectivity index (χ2n) is 2.40. The van der Waals surface area contributed by atoms with Crippen molar-refractivity contribution in [1.82, 2.24) is 14.4 Å². The van der Waals surface area contributed by atoms with Crippen LogP contribution in [0.2, 0.25) is 0 Å². The van der Waals surface area contributed by atoms with E-state index in [0.717, 1.165) is 0 Å². The zero-order chi connectivity index (χ0) is 9.26. The fourth-order valence-electron chi connectivity index (χ4n) is 1.06. The molecule has 0 aliphatic carbocycles. The van der Waals surface area contributed by atoms with E-state index >= 15 is 0 Å². The van der Waals surface area contributed by atoms with Gasteiger partial charge in [0.1, 0.15) is 17.5 Å². The Morgan fingerprint density at radius 3 is 3.15 bits per heavy atom. The number of rotatable bonds is 1. The topological polar surface area (TPSA) is 71.0 Å². The predicted octanol–water partition coefficient (Wildman–Crippen LogP) is 0.413. The van der Waals surface area contributed by atoms with E-state index in [9.17, 15) is 4.79 Å². The highest BCUT2D eigenvalue weighted by molar-refractivity contribution is 5.72. The molecule has 0 fully saturated rings. The minimum Gasteiger partial charge on any atom is -0.296 e. The maximum Gasteiger partial charge on any atom is 0.235 e. The molecular formula is C8H4N4O. The van der Waals surface area contributed by atoms with Gasteiger partial charge < -0.3 is 0 Å². The van der Waals surface area contributed by atoms with Crippen molar-refractivity contribution >= 4 is 12.1 Å². The molecule has 5 nitrogen and oxygen atoms in total. The summed E-state index contributed by atoms with van der Waals surface area (Å²) in [4.78, 5) is 18.2. The maximum absolute atomic E-state index is 10.4. The molecule has 0 saturated carbocycles. The molecule has 0 saturated heterocycles. The third-order valence-electron chi connectivity index (χ3n) is 1.62. The number of nitriles is 1. The van der Waals surface area contributed by atoms with Gasteiger partial charge in [0.2, 0.25) is 5.78 Å². The first-order chi connectivity index (χ1) is 6.35. The molecular weight excluding hydrogens is 168 g/mol. The van der Waals surface area contributed by atoms with Gasteiger partial charge in [-0.1, -0.05) is 0 Å². The summed E-state index contributed by atoms with van der Waals surface area (Å²) < 4.78 is 1.48. The van der Waals surface area contributed by atoms with Crippen LogP contribution in [0.5, 0.6) is 0 Å². The molecule has 13 heavy (non-hydrogen) atoms. The second kappa shape index (κ2) is 2.68. The van der Waals surface area contributed by atoms with Crippen molar-refractivity contribution in [2.75, 3.05) is 0 Å². The van der Waals surface area contributed by atoms with Crippen LogP contribution in [0.15, 0.2) is 18.5 Å². The monoisotopic (exact) mass is 172 g/mol. The zero-order valence-electron chi connectivity index (χ0n) is 6.51. The van der Waals surface area contributed by atoms with Gasteiger partial charge in [-0.15, -0.1) is 0 Å². The summed E-state index contributed by atoms with van der Waals surface area (Å²) in [5.41, 5.74) is 0.681. The second-order valence-corrected chi connectivity index (χ2v) is 2.40. The van der Waals surface area contributed by atoms with Crippen molar-refractivity contribution in [1.29, 1.82) is 5.26 Å². The van der Waals surface area contributed by atoms with Crippen LogP contribution >= 0.6 is 0 Å². The molecule has 0 spiro atoms. The molecule has 2 rings (SSSR count). The highest BCUT2D eigenvalue weighted by atomic mass is 16.1. The van der Waals surface area contributed by atoms with Crippen LogP contribution in [-0.2, 0) is 0 Å². The number of aldehydes is 1. The van der Waals surface area contributed by atoms with E-state index in [1.807, 2.05) is 6.07 Å². The van der Waals surface area contributed by atoms with Crippen molar-refractivity contribution in [2.45, 2.75) is 0 Å². The average Bonchev–Trinajstić information content (AvgIpc) is 2.59. The van der Waals surface area contributed by atoms with Crippen molar-refractivity contribution in [3.8, 4) is 6.07 Å². The molecule has 0 atom stereocenters. The van der Waals surface area contributed by atoms with E-state index < -0.39 is 0 Å². The minimum absolute atomic E-state index is 0.273. The Labute approximate surface area is 73.3 Å². The summed E-state index contributed by atoms with van der Waals surface area (Å²) in [7, 11) is 0. The van der Waals surface area contributed by atoms with Crippen LogP contribution in [0.4, 0.5) is 0 Å². The summed E-state index contributed by atoms with van der Waals surface area (Å²) in [5, 5.41) is 8.70. The lowest BCUT2D eigenvalue weighted by molar-refractivity contribution is 0.111. The molecule has 0 unspecified atom stereocenters. The Hall–Kier alpha value is -2.22. The van der Waals surface area contributed by atoms with Crippen LogP contribution in [0.1, 0.15) is 16.2 Å². The first-order valence-corrected chi connectivity index (χ1v) is 3.54. The van der Waals surface area contributed by atoms with Crippen molar-refractivity contribution in [2.24, 2.45) is 0 Å². The van der Waals surface area contributed by atoms with E-state index in [0.29, 0.717) is 17.8 Å². The fourth-order valence-corrected chi connectivity index (χ4v) is 1.06. The van der Waals surface area contributed by atoms with Crippen LogP contribution in [0.3, 0.4) is 0 Å². The smallest absolute Gasteiger partial charge is 0.235 e. The molecule has 0 aromatic carbocycles. The zero-order valence-corrected chi connectivity index (χ0v) is 6.51. The van der Waals surface area contributed by atoms with Gasteiger partial charge in [0, 0.05) is 12.4 Å². The molecule has 5 heteroatoms. The lowest BCUT2D eigenvalue weighted by atomic mass is 10.4. The number of imidazole rings is 1. The van der Waals surface area contributed by atoms with Gasteiger partial charge in [0.25, 0.3) is 0 Å². The molecule has 2 aromatic heterocycles. The first kappa shape index (κ1) is 7.43. The van der Waals surface area contributed by atoms with Crippen molar-refractivity contribution < 1.29 is 4.79 Å². The Balaban J connectivity index is 2.83. The molecule has 62 valence electrons. The number of fused-ring (bicyclic) bond motifs is 1. The van der Waals surface area contributed by atoms with E-state index in [1.165, 1.54) is 16.8 Å². The Morgan fingerprint density at radius 2 is 2.46 bits per heavy atom. The fraction of sp³-hybridized carbons (Fsp3) is 0. The predicted molar refractivity (Wildman–Crippen MR) is 43.1 cm³/mol. The first-order valence-electron chi connectivity index (χ1n) is 3.54. The molecule has 0 amide bonds. The van der Waals surface area contributed by atoms with E-state index in [1.54, 1.807) is 6.07 Å². The van der Waals surface area contributed by atoms with Gasteiger partial charge in [-0.05, 0) is 6.07 Å². The lowest BCUT2D eigenvalue weighted by Crippen LogP contribution is -1.91. The number of carbonyl (C=O) groups excluding carboxylic acids is 1. The van der Waals surface area contributed by atoms with Crippen molar-refractivity contribution in [3.05, 3.63) is 29.8 Å². The van der Waals surface area contributed by atoms with E-state index in [-0.39, 0.29) is 5.69 Å². The molecule has 0 radical (unpaired) electrons. The largest absolute Gasteiger partial charge is 0.296 e. The summed E-state index contributed by atoms with van der Waals surface area (Å²) in [6.07, 6.45) is 3.58. The van der Waals surface area contributed by atoms with Crippen LogP contribution in [-0.4, -0.2) is 20.7 Å². The number of hydrogen-bond donors (Lipinski definition) is 0. The van der Waals surface area contributed by atoms with Crippen LogP contribution < -0.4 is 0 Å². The van der Waals surface area contributed by atoms with Crippen LogP contribution in [0, 0.1) is 11.3 Å². The standard InChI is InChI=1S/C8H4N4O/c9-3-7-1-2-10-8-11-6(5-13)4-12(7)8/h1-2,4-5H. The normalized spacial score (nSPS) is 9.77. The Bertz CT molecular complexity index is 508. The summed E-state index contributed by atoms with van der Waals surface area (Å²) in [5.74, 6) is 0.362. The number of nitrogens with zero attached hydrogens (tertiary/aromatic N) is 4. The molecule has 0 N–H and O–H groups in total. The average molecular weight is 172 g/mol. The third kappa shape index (κ3) is 1.05. The van der Waals surface area contributed by atoms with Crippen molar-refractivity contribution in [3.63, 3.8) is 0 Å².